The minimum Gasteiger partial charge on any atom is -0.373 e. The van der Waals surface area contributed by atoms with Crippen molar-refractivity contribution in [3.8, 4) is 0 Å². The van der Waals surface area contributed by atoms with Crippen molar-refractivity contribution >= 4 is 11.6 Å². The maximum absolute atomic E-state index is 4.53. The molecule has 0 spiro atoms. The van der Waals surface area contributed by atoms with E-state index in [1.807, 2.05) is 20.0 Å². The van der Waals surface area contributed by atoms with Crippen molar-refractivity contribution in [3.05, 3.63) is 11.9 Å². The highest BCUT2D eigenvalue weighted by atomic mass is 15.2. The van der Waals surface area contributed by atoms with E-state index in [1.165, 1.54) is 12.8 Å². The normalized spacial score (nSPS) is 19.2. The second-order valence-corrected chi connectivity index (χ2v) is 5.56. The molecular weight excluding hydrogens is 212 g/mol. The summed E-state index contributed by atoms with van der Waals surface area (Å²) in [5, 5.41) is 3.09. The molecule has 1 fully saturated rings. The third kappa shape index (κ3) is 2.87. The Labute approximate surface area is 103 Å². The maximum atomic E-state index is 4.53. The van der Waals surface area contributed by atoms with E-state index in [1.54, 1.807) is 0 Å². The van der Waals surface area contributed by atoms with Crippen LogP contribution in [0.25, 0.3) is 0 Å². The zero-order valence-electron chi connectivity index (χ0n) is 11.2. The Bertz CT molecular complexity index is 390. The van der Waals surface area contributed by atoms with E-state index in [9.17, 15) is 0 Å². The van der Waals surface area contributed by atoms with Gasteiger partial charge < -0.3 is 10.2 Å². The average molecular weight is 234 g/mol. The fraction of sp³-hybridized carbons (Fsp3) is 0.692. The molecule has 0 amide bonds. The van der Waals surface area contributed by atoms with E-state index >= 15 is 0 Å². The van der Waals surface area contributed by atoms with Crippen molar-refractivity contribution in [2.24, 2.45) is 5.41 Å². The van der Waals surface area contributed by atoms with E-state index in [2.05, 4.69) is 34.0 Å². The molecule has 1 aromatic heterocycles. The summed E-state index contributed by atoms with van der Waals surface area (Å²) in [6.45, 7) is 8.81. The summed E-state index contributed by atoms with van der Waals surface area (Å²) in [6, 6.07) is 2.03. The van der Waals surface area contributed by atoms with Crippen molar-refractivity contribution < 1.29 is 0 Å². The Balaban J connectivity index is 2.15. The van der Waals surface area contributed by atoms with Crippen LogP contribution < -0.4 is 10.2 Å². The largest absolute Gasteiger partial charge is 0.373 e. The van der Waals surface area contributed by atoms with Crippen LogP contribution in [0.2, 0.25) is 0 Å². The zero-order valence-corrected chi connectivity index (χ0v) is 11.2. The number of rotatable bonds is 2. The summed E-state index contributed by atoms with van der Waals surface area (Å²) in [6.07, 6.45) is 2.45. The Kier molecular flexibility index (Phi) is 3.22. The summed E-state index contributed by atoms with van der Waals surface area (Å²) >= 11 is 0. The maximum Gasteiger partial charge on any atom is 0.134 e. The van der Waals surface area contributed by atoms with Gasteiger partial charge in [0.1, 0.15) is 17.5 Å². The van der Waals surface area contributed by atoms with E-state index < -0.39 is 0 Å². The van der Waals surface area contributed by atoms with Crippen LogP contribution >= 0.6 is 0 Å². The number of piperidine rings is 1. The van der Waals surface area contributed by atoms with Crippen LogP contribution in [0.3, 0.4) is 0 Å². The van der Waals surface area contributed by atoms with Crippen molar-refractivity contribution in [1.29, 1.82) is 0 Å². The van der Waals surface area contributed by atoms with Gasteiger partial charge in [0.05, 0.1) is 0 Å². The third-order valence-corrected chi connectivity index (χ3v) is 3.52. The van der Waals surface area contributed by atoms with Gasteiger partial charge in [-0.3, -0.25) is 0 Å². The summed E-state index contributed by atoms with van der Waals surface area (Å²) in [7, 11) is 1.89. The van der Waals surface area contributed by atoms with Crippen LogP contribution in [0, 0.1) is 12.3 Å². The number of nitrogens with zero attached hydrogens (tertiary/aromatic N) is 3. The number of aryl methyl sites for hydroxylation is 1. The predicted molar refractivity (Wildman–Crippen MR) is 71.5 cm³/mol. The molecule has 1 aliphatic rings. The molecule has 1 aliphatic heterocycles. The second kappa shape index (κ2) is 4.51. The van der Waals surface area contributed by atoms with E-state index in [4.69, 9.17) is 0 Å². The molecule has 0 bridgehead atoms. The van der Waals surface area contributed by atoms with Crippen molar-refractivity contribution in [1.82, 2.24) is 9.97 Å². The predicted octanol–water partition coefficient (Wildman–Crippen LogP) is 2.45. The van der Waals surface area contributed by atoms with E-state index in [0.29, 0.717) is 5.41 Å². The lowest BCUT2D eigenvalue weighted by Crippen LogP contribution is -2.37. The first-order chi connectivity index (χ1) is 8.00. The molecule has 0 unspecified atom stereocenters. The minimum atomic E-state index is 0.477. The number of anilines is 2. The SMILES string of the molecule is CNc1cc(N2CCC(C)(C)CC2)nc(C)n1. The van der Waals surface area contributed by atoms with Crippen LogP contribution in [-0.4, -0.2) is 30.1 Å². The monoisotopic (exact) mass is 234 g/mol. The van der Waals surface area contributed by atoms with Gasteiger partial charge in [-0.1, -0.05) is 13.8 Å². The summed E-state index contributed by atoms with van der Waals surface area (Å²) in [5.41, 5.74) is 0.477. The van der Waals surface area contributed by atoms with E-state index in [-0.39, 0.29) is 0 Å². The van der Waals surface area contributed by atoms with Gasteiger partial charge in [0.2, 0.25) is 0 Å². The highest BCUT2D eigenvalue weighted by Crippen LogP contribution is 2.31. The fourth-order valence-electron chi connectivity index (χ4n) is 2.18. The molecule has 1 N–H and O–H groups in total. The lowest BCUT2D eigenvalue weighted by atomic mass is 9.83. The molecule has 4 nitrogen and oxygen atoms in total. The van der Waals surface area contributed by atoms with Crippen molar-refractivity contribution in [2.75, 3.05) is 30.4 Å². The van der Waals surface area contributed by atoms with Crippen LogP contribution in [0.5, 0.6) is 0 Å². The molecular formula is C13H22N4. The topological polar surface area (TPSA) is 41.0 Å². The number of aromatic nitrogens is 2. The number of hydrogen-bond donors (Lipinski definition) is 1. The van der Waals surface area contributed by atoms with Gasteiger partial charge >= 0.3 is 0 Å². The number of hydrogen-bond acceptors (Lipinski definition) is 4. The molecule has 2 rings (SSSR count). The third-order valence-electron chi connectivity index (χ3n) is 3.52. The highest BCUT2D eigenvalue weighted by Gasteiger charge is 2.26. The molecule has 0 aliphatic carbocycles. The summed E-state index contributed by atoms with van der Waals surface area (Å²) in [4.78, 5) is 11.2. The highest BCUT2D eigenvalue weighted by molar-refractivity contribution is 5.49. The first-order valence-electron chi connectivity index (χ1n) is 6.28. The Morgan fingerprint density at radius 1 is 1.24 bits per heavy atom. The van der Waals surface area contributed by atoms with Crippen LogP contribution in [-0.2, 0) is 0 Å². The molecule has 0 saturated carbocycles. The Morgan fingerprint density at radius 3 is 2.47 bits per heavy atom. The standard InChI is InChI=1S/C13H22N4/c1-10-15-11(14-4)9-12(16-10)17-7-5-13(2,3)6-8-17/h9H,5-8H2,1-4H3,(H,14,15,16). The molecule has 2 heterocycles. The van der Waals surface area contributed by atoms with Gasteiger partial charge in [-0.05, 0) is 25.2 Å². The summed E-state index contributed by atoms with van der Waals surface area (Å²) < 4.78 is 0. The average Bonchev–Trinajstić information content (AvgIpc) is 2.28. The fourth-order valence-corrected chi connectivity index (χ4v) is 2.18. The molecule has 0 aromatic carbocycles. The van der Waals surface area contributed by atoms with Crippen molar-refractivity contribution in [2.45, 2.75) is 33.6 Å². The molecule has 1 saturated heterocycles. The first-order valence-corrected chi connectivity index (χ1v) is 6.28. The minimum absolute atomic E-state index is 0.477. The van der Waals surface area contributed by atoms with Gasteiger partial charge in [0.25, 0.3) is 0 Å². The van der Waals surface area contributed by atoms with Gasteiger partial charge in [-0.25, -0.2) is 9.97 Å². The molecule has 17 heavy (non-hydrogen) atoms. The molecule has 0 radical (unpaired) electrons. The molecule has 4 heteroatoms. The van der Waals surface area contributed by atoms with Gasteiger partial charge in [0, 0.05) is 26.2 Å². The van der Waals surface area contributed by atoms with Crippen LogP contribution in [0.15, 0.2) is 6.07 Å². The van der Waals surface area contributed by atoms with Crippen LogP contribution in [0.4, 0.5) is 11.6 Å². The lowest BCUT2D eigenvalue weighted by molar-refractivity contribution is 0.279. The smallest absolute Gasteiger partial charge is 0.134 e. The van der Waals surface area contributed by atoms with Crippen molar-refractivity contribution in [3.63, 3.8) is 0 Å². The van der Waals surface area contributed by atoms with Crippen LogP contribution in [0.1, 0.15) is 32.5 Å². The zero-order chi connectivity index (χ0) is 12.5. The molecule has 0 atom stereocenters. The summed E-state index contributed by atoms with van der Waals surface area (Å²) in [5.74, 6) is 2.78. The van der Waals surface area contributed by atoms with Gasteiger partial charge in [-0.15, -0.1) is 0 Å². The van der Waals surface area contributed by atoms with E-state index in [0.717, 1.165) is 30.5 Å². The quantitative estimate of drug-likeness (QED) is 0.853. The molecule has 1 aromatic rings. The van der Waals surface area contributed by atoms with Gasteiger partial charge in [0.15, 0.2) is 0 Å². The second-order valence-electron chi connectivity index (χ2n) is 5.56. The Morgan fingerprint density at radius 2 is 1.88 bits per heavy atom. The first kappa shape index (κ1) is 12.1. The Hall–Kier alpha value is -1.32. The van der Waals surface area contributed by atoms with Gasteiger partial charge in [-0.2, -0.15) is 0 Å². The number of nitrogens with one attached hydrogen (secondary N) is 1. The lowest BCUT2D eigenvalue weighted by Gasteiger charge is -2.37. The molecule has 94 valence electrons.